The summed E-state index contributed by atoms with van der Waals surface area (Å²) in [5, 5.41) is 17.1. The molecular weight excluding hydrogens is 468 g/mol. The van der Waals surface area contributed by atoms with E-state index < -0.39 is 0 Å². The number of hydrazone groups is 1. The van der Waals surface area contributed by atoms with Crippen LogP contribution in [-0.2, 0) is 9.59 Å². The molecule has 1 atom stereocenters. The number of aliphatic hydroxyl groups is 1. The molecule has 4 aliphatic rings. The van der Waals surface area contributed by atoms with Gasteiger partial charge in [0.05, 0.1) is 28.5 Å². The van der Waals surface area contributed by atoms with Crippen LogP contribution in [0.15, 0.2) is 61.2 Å². The van der Waals surface area contributed by atoms with Gasteiger partial charge in [-0.15, -0.1) is 0 Å². The molecule has 36 heavy (non-hydrogen) atoms. The van der Waals surface area contributed by atoms with E-state index >= 15 is 0 Å². The van der Waals surface area contributed by atoms with E-state index in [0.717, 1.165) is 24.8 Å². The quantitative estimate of drug-likeness (QED) is 0.402. The second-order valence-electron chi connectivity index (χ2n) is 12.5. The monoisotopic (exact) mass is 508 g/mol. The summed E-state index contributed by atoms with van der Waals surface area (Å²) in [5.74, 6) is -0.205. The summed E-state index contributed by atoms with van der Waals surface area (Å²) in [6.07, 6.45) is 11.4. The first-order valence-electron chi connectivity index (χ1n) is 13.2. The van der Waals surface area contributed by atoms with E-state index in [1.54, 1.807) is 29.8 Å². The minimum absolute atomic E-state index is 0.0376. The predicted octanol–water partition coefficient (Wildman–Crippen LogP) is 7.40. The van der Waals surface area contributed by atoms with Crippen LogP contribution in [0.2, 0.25) is 0 Å². The Balaban J connectivity index is 1.70. The van der Waals surface area contributed by atoms with Crippen molar-refractivity contribution in [3.8, 4) is 0 Å². The van der Waals surface area contributed by atoms with Crippen molar-refractivity contribution in [1.29, 1.82) is 0 Å². The molecule has 0 spiro atoms. The maximum atomic E-state index is 13.4. The van der Waals surface area contributed by atoms with Crippen LogP contribution in [0, 0.1) is 16.7 Å². The third kappa shape index (κ3) is 4.81. The van der Waals surface area contributed by atoms with Gasteiger partial charge in [-0.1, -0.05) is 73.1 Å². The molecule has 4 rings (SSSR count). The third-order valence-corrected chi connectivity index (χ3v) is 9.44. The van der Waals surface area contributed by atoms with Crippen LogP contribution in [0.4, 0.5) is 0 Å². The minimum atomic E-state index is -0.289. The maximum absolute atomic E-state index is 13.4. The highest BCUT2D eigenvalue weighted by molar-refractivity contribution is 8.06. The second kappa shape index (κ2) is 9.51. The Bertz CT molecular complexity index is 1140. The highest BCUT2D eigenvalue weighted by Crippen LogP contribution is 2.49. The van der Waals surface area contributed by atoms with Gasteiger partial charge in [0.2, 0.25) is 5.78 Å². The first-order chi connectivity index (χ1) is 16.7. The fraction of sp³-hybridized carbons (Fsp3) is 0.567. The van der Waals surface area contributed by atoms with Crippen molar-refractivity contribution < 1.29 is 14.7 Å². The molecule has 2 heterocycles. The molecule has 1 unspecified atom stereocenters. The molecule has 2 aliphatic carbocycles. The van der Waals surface area contributed by atoms with Gasteiger partial charge >= 0.3 is 0 Å². The number of amides is 1. The average Bonchev–Trinajstić information content (AvgIpc) is 3.42. The summed E-state index contributed by atoms with van der Waals surface area (Å²) in [6, 6.07) is 0.0394. The van der Waals surface area contributed by atoms with Crippen LogP contribution in [0.1, 0.15) is 87.5 Å². The van der Waals surface area contributed by atoms with Crippen LogP contribution in [-0.4, -0.2) is 33.6 Å². The van der Waals surface area contributed by atoms with Gasteiger partial charge in [0.15, 0.2) is 0 Å². The number of thioether (sulfide) groups is 1. The molecule has 6 heteroatoms. The molecule has 1 saturated carbocycles. The number of hydrogen-bond acceptors (Lipinski definition) is 5. The van der Waals surface area contributed by atoms with E-state index in [1.165, 1.54) is 22.7 Å². The standard InChI is InChI=1S/C30H40N2O3S/c1-9-21(19-12-10-11-13-19)32-28(35)24(17(2)31-32)25-26(33)20(27(25)34)14-18-15-22(29(3,4)5)36-23(16-18)30(6,7)8/h14-16,19,21,33H,9-13H2,1-8H3. The molecule has 0 radical (unpaired) electrons. The Morgan fingerprint density at radius 3 is 2.08 bits per heavy atom. The molecule has 0 aromatic heterocycles. The topological polar surface area (TPSA) is 70.0 Å². The Morgan fingerprint density at radius 2 is 1.61 bits per heavy atom. The Kier molecular flexibility index (Phi) is 7.06. The smallest absolute Gasteiger partial charge is 0.277 e. The van der Waals surface area contributed by atoms with Gasteiger partial charge in [-0.05, 0) is 76.5 Å². The molecule has 0 saturated heterocycles. The van der Waals surface area contributed by atoms with Crippen LogP contribution >= 0.6 is 11.8 Å². The van der Waals surface area contributed by atoms with Crippen molar-refractivity contribution >= 4 is 29.2 Å². The fourth-order valence-electron chi connectivity index (χ4n) is 5.39. The van der Waals surface area contributed by atoms with Crippen molar-refractivity contribution in [3.05, 3.63) is 56.1 Å². The number of hydrogen-bond donors (Lipinski definition) is 1. The zero-order valence-corrected chi connectivity index (χ0v) is 23.8. The molecule has 1 N–H and O–H groups in total. The van der Waals surface area contributed by atoms with E-state index in [9.17, 15) is 14.7 Å². The normalized spacial score (nSPS) is 24.7. The number of nitrogens with zero attached hydrogens (tertiary/aromatic N) is 2. The lowest BCUT2D eigenvalue weighted by molar-refractivity contribution is -0.129. The Hall–Kier alpha value is -2.34. The van der Waals surface area contributed by atoms with Gasteiger partial charge in [-0.25, -0.2) is 5.01 Å². The summed E-state index contributed by atoms with van der Waals surface area (Å²) in [4.78, 5) is 29.2. The van der Waals surface area contributed by atoms with Gasteiger partial charge < -0.3 is 5.11 Å². The summed E-state index contributed by atoms with van der Waals surface area (Å²) in [7, 11) is 0. The summed E-state index contributed by atoms with van der Waals surface area (Å²) in [6.45, 7) is 16.9. The first kappa shape index (κ1) is 26.7. The second-order valence-corrected chi connectivity index (χ2v) is 13.5. The Labute approximate surface area is 220 Å². The minimum Gasteiger partial charge on any atom is -0.506 e. The number of allylic oxidation sites excluding steroid dienone is 8. The molecule has 194 valence electrons. The van der Waals surface area contributed by atoms with Crippen molar-refractivity contribution in [2.45, 2.75) is 93.5 Å². The van der Waals surface area contributed by atoms with E-state index in [0.29, 0.717) is 11.6 Å². The molecule has 1 fully saturated rings. The zero-order chi connectivity index (χ0) is 26.6. The van der Waals surface area contributed by atoms with Gasteiger partial charge in [0.25, 0.3) is 5.91 Å². The van der Waals surface area contributed by atoms with Gasteiger partial charge in [-0.3, -0.25) is 9.59 Å². The Morgan fingerprint density at radius 1 is 1.06 bits per heavy atom. The van der Waals surface area contributed by atoms with Crippen molar-refractivity contribution in [3.63, 3.8) is 0 Å². The number of aliphatic hydroxyl groups excluding tert-OH is 1. The largest absolute Gasteiger partial charge is 0.506 e. The van der Waals surface area contributed by atoms with Gasteiger partial charge in [-0.2, -0.15) is 5.10 Å². The maximum Gasteiger partial charge on any atom is 0.277 e. The van der Waals surface area contributed by atoms with Crippen LogP contribution in [0.3, 0.4) is 0 Å². The van der Waals surface area contributed by atoms with E-state index in [1.807, 2.05) is 0 Å². The van der Waals surface area contributed by atoms with Crippen molar-refractivity contribution in [2.24, 2.45) is 21.8 Å². The number of rotatable bonds is 4. The molecule has 2 aliphatic heterocycles. The van der Waals surface area contributed by atoms with E-state index in [4.69, 9.17) is 0 Å². The zero-order valence-electron chi connectivity index (χ0n) is 23.0. The third-order valence-electron chi connectivity index (χ3n) is 7.54. The van der Waals surface area contributed by atoms with Crippen LogP contribution < -0.4 is 0 Å². The van der Waals surface area contributed by atoms with Crippen LogP contribution in [0.5, 0.6) is 0 Å². The van der Waals surface area contributed by atoms with Crippen molar-refractivity contribution in [2.75, 3.05) is 0 Å². The summed E-state index contributed by atoms with van der Waals surface area (Å²) in [5.41, 5.74) is 1.95. The van der Waals surface area contributed by atoms with Gasteiger partial charge in [0, 0.05) is 0 Å². The predicted molar refractivity (Wildman–Crippen MR) is 148 cm³/mol. The molecule has 0 bridgehead atoms. The lowest BCUT2D eigenvalue weighted by Crippen LogP contribution is -2.39. The van der Waals surface area contributed by atoms with E-state index in [-0.39, 0.29) is 51.0 Å². The molecule has 1 amide bonds. The van der Waals surface area contributed by atoms with Crippen molar-refractivity contribution in [1.82, 2.24) is 5.01 Å². The highest BCUT2D eigenvalue weighted by atomic mass is 32.2. The number of carbonyl (C=O) groups is 2. The summed E-state index contributed by atoms with van der Waals surface area (Å²) < 4.78 is 0. The average molecular weight is 509 g/mol. The number of ketones is 1. The SMILES string of the molecule is CCC(C1CCCC1)N1N=C(C)C(=C2C(=O)C(C=C3C=C(C(C)(C)C)SC(C(C)(C)C)=C3)=C2O)C1=O. The molecule has 0 aromatic rings. The van der Waals surface area contributed by atoms with Crippen LogP contribution in [0.25, 0.3) is 0 Å². The first-order valence-corrected chi connectivity index (χ1v) is 14.0. The van der Waals surface area contributed by atoms with E-state index in [2.05, 4.69) is 65.7 Å². The molecule has 0 aromatic carbocycles. The molecule has 5 nitrogen and oxygen atoms in total. The lowest BCUT2D eigenvalue weighted by atomic mass is 9.81. The lowest BCUT2D eigenvalue weighted by Gasteiger charge is -2.32. The molecular formula is C30H40N2O3S. The summed E-state index contributed by atoms with van der Waals surface area (Å²) >= 11 is 1.78. The fourth-order valence-corrected chi connectivity index (χ4v) is 6.63. The highest BCUT2D eigenvalue weighted by Gasteiger charge is 2.44. The number of carbonyl (C=O) groups excluding carboxylic acids is 2. The van der Waals surface area contributed by atoms with Gasteiger partial charge in [0.1, 0.15) is 5.76 Å². The number of Topliss-reactive ketones (excluding diaryl/α,β-unsaturated/α-hetero) is 1.